The van der Waals surface area contributed by atoms with E-state index < -0.39 is 6.29 Å². The van der Waals surface area contributed by atoms with E-state index in [0.717, 1.165) is 6.42 Å². The lowest BCUT2D eigenvalue weighted by molar-refractivity contribution is -0.132. The Hall–Kier alpha value is -0.0800. The maximum Gasteiger partial charge on any atom is 0.152 e. The third-order valence-corrected chi connectivity index (χ3v) is 1.86. The van der Waals surface area contributed by atoms with Crippen molar-refractivity contribution >= 4 is 0 Å². The third kappa shape index (κ3) is 3.85. The molecule has 0 aromatic rings. The van der Waals surface area contributed by atoms with Crippen molar-refractivity contribution in [3.05, 3.63) is 0 Å². The topological polar surface area (TPSA) is 29.5 Å². The van der Waals surface area contributed by atoms with Crippen molar-refractivity contribution in [2.45, 2.75) is 46.5 Å². The smallest absolute Gasteiger partial charge is 0.152 e. The highest BCUT2D eigenvalue weighted by atomic mass is 16.6. The van der Waals surface area contributed by atoms with Gasteiger partial charge in [0.15, 0.2) is 6.29 Å². The third-order valence-electron chi connectivity index (χ3n) is 1.86. The number of hydrogen-bond donors (Lipinski definition) is 1. The van der Waals surface area contributed by atoms with E-state index in [1.807, 2.05) is 6.92 Å². The summed E-state index contributed by atoms with van der Waals surface area (Å²) in [5.74, 6) is 0.523. The molecule has 0 fully saturated rings. The lowest BCUT2D eigenvalue weighted by Crippen LogP contribution is -2.22. The summed E-state index contributed by atoms with van der Waals surface area (Å²) in [6, 6.07) is 0. The van der Waals surface area contributed by atoms with Crippen LogP contribution in [0.15, 0.2) is 0 Å². The normalized spacial score (nSPS) is 20.1. The van der Waals surface area contributed by atoms with Gasteiger partial charge in [0.2, 0.25) is 0 Å². The summed E-state index contributed by atoms with van der Waals surface area (Å²) in [5, 5.41) is 8.84. The van der Waals surface area contributed by atoms with Crippen molar-refractivity contribution in [3.63, 3.8) is 0 Å². The van der Waals surface area contributed by atoms with Gasteiger partial charge in [0.25, 0.3) is 0 Å². The van der Waals surface area contributed by atoms with Gasteiger partial charge in [-0.1, -0.05) is 20.3 Å². The Bertz CT molecular complexity index is 81.3. The molecule has 0 aliphatic carbocycles. The SMILES string of the molecule is CCC(C)C(C)OC(C)O. The summed E-state index contributed by atoms with van der Waals surface area (Å²) < 4.78 is 5.16. The molecule has 0 bridgehead atoms. The van der Waals surface area contributed by atoms with Gasteiger partial charge >= 0.3 is 0 Å². The van der Waals surface area contributed by atoms with Crippen LogP contribution >= 0.6 is 0 Å². The number of aliphatic hydroxyl groups excluding tert-OH is 1. The van der Waals surface area contributed by atoms with Gasteiger partial charge in [-0.2, -0.15) is 0 Å². The van der Waals surface area contributed by atoms with Crippen LogP contribution < -0.4 is 0 Å². The molecule has 0 spiro atoms. The van der Waals surface area contributed by atoms with Crippen molar-refractivity contribution in [3.8, 4) is 0 Å². The van der Waals surface area contributed by atoms with Gasteiger partial charge in [0.05, 0.1) is 6.10 Å². The molecule has 0 aliphatic heterocycles. The standard InChI is InChI=1S/C8H18O2/c1-5-6(2)7(3)10-8(4)9/h6-9H,5H2,1-4H3. The average Bonchev–Trinajstić information content (AvgIpc) is 1.85. The largest absolute Gasteiger partial charge is 0.368 e. The van der Waals surface area contributed by atoms with E-state index in [4.69, 9.17) is 9.84 Å². The van der Waals surface area contributed by atoms with E-state index in [0.29, 0.717) is 5.92 Å². The molecule has 2 heteroatoms. The Morgan fingerprint density at radius 3 is 2.10 bits per heavy atom. The second kappa shape index (κ2) is 4.69. The molecule has 0 aromatic heterocycles. The molecule has 0 heterocycles. The van der Waals surface area contributed by atoms with Crippen molar-refractivity contribution in [1.82, 2.24) is 0 Å². The van der Waals surface area contributed by atoms with Crippen molar-refractivity contribution in [2.24, 2.45) is 5.92 Å². The van der Waals surface area contributed by atoms with Gasteiger partial charge in [-0.05, 0) is 19.8 Å². The average molecular weight is 146 g/mol. The molecule has 0 radical (unpaired) electrons. The predicted octanol–water partition coefficient (Wildman–Crippen LogP) is 1.78. The monoisotopic (exact) mass is 146 g/mol. The fourth-order valence-corrected chi connectivity index (χ4v) is 0.777. The zero-order valence-corrected chi connectivity index (χ0v) is 7.29. The van der Waals surface area contributed by atoms with E-state index in [2.05, 4.69) is 13.8 Å². The summed E-state index contributed by atoms with van der Waals surface area (Å²) in [4.78, 5) is 0. The van der Waals surface area contributed by atoms with Crippen LogP contribution in [0, 0.1) is 5.92 Å². The minimum absolute atomic E-state index is 0.157. The highest BCUT2D eigenvalue weighted by Crippen LogP contribution is 2.11. The second-order valence-corrected chi connectivity index (χ2v) is 2.83. The number of hydrogen-bond acceptors (Lipinski definition) is 2. The molecule has 0 aliphatic rings. The first kappa shape index (κ1) is 9.92. The lowest BCUT2D eigenvalue weighted by Gasteiger charge is -2.20. The molecule has 0 rings (SSSR count). The predicted molar refractivity (Wildman–Crippen MR) is 41.7 cm³/mol. The van der Waals surface area contributed by atoms with E-state index in [9.17, 15) is 0 Å². The summed E-state index contributed by atoms with van der Waals surface area (Å²) in [7, 11) is 0. The highest BCUT2D eigenvalue weighted by Gasteiger charge is 2.11. The first-order valence-corrected chi connectivity index (χ1v) is 3.91. The van der Waals surface area contributed by atoms with Crippen molar-refractivity contribution in [1.29, 1.82) is 0 Å². The Labute approximate surface area is 63.2 Å². The van der Waals surface area contributed by atoms with Gasteiger partial charge in [-0.15, -0.1) is 0 Å². The number of ether oxygens (including phenoxy) is 1. The van der Waals surface area contributed by atoms with Crippen molar-refractivity contribution < 1.29 is 9.84 Å². The van der Waals surface area contributed by atoms with Crippen LogP contribution in [0.2, 0.25) is 0 Å². The number of aliphatic hydroxyl groups is 1. The van der Waals surface area contributed by atoms with E-state index in [1.54, 1.807) is 6.92 Å². The van der Waals surface area contributed by atoms with Crippen LogP contribution in [0.3, 0.4) is 0 Å². The zero-order valence-electron chi connectivity index (χ0n) is 7.29. The summed E-state index contributed by atoms with van der Waals surface area (Å²) >= 11 is 0. The van der Waals surface area contributed by atoms with E-state index >= 15 is 0 Å². The van der Waals surface area contributed by atoms with E-state index in [-0.39, 0.29) is 6.10 Å². The first-order valence-electron chi connectivity index (χ1n) is 3.91. The van der Waals surface area contributed by atoms with Crippen LogP contribution in [0.25, 0.3) is 0 Å². The quantitative estimate of drug-likeness (QED) is 0.612. The fourth-order valence-electron chi connectivity index (χ4n) is 0.777. The van der Waals surface area contributed by atoms with Gasteiger partial charge in [-0.3, -0.25) is 0 Å². The molecule has 0 amide bonds. The molecule has 0 aromatic carbocycles. The Morgan fingerprint density at radius 2 is 1.80 bits per heavy atom. The zero-order chi connectivity index (χ0) is 8.15. The molecular weight excluding hydrogens is 128 g/mol. The fraction of sp³-hybridized carbons (Fsp3) is 1.00. The summed E-state index contributed by atoms with van der Waals surface area (Å²) in [6.45, 7) is 7.86. The Morgan fingerprint density at radius 1 is 1.30 bits per heavy atom. The highest BCUT2D eigenvalue weighted by molar-refractivity contribution is 4.58. The lowest BCUT2D eigenvalue weighted by atomic mass is 10.0. The Balaban J connectivity index is 3.50. The molecule has 10 heavy (non-hydrogen) atoms. The minimum atomic E-state index is -0.635. The van der Waals surface area contributed by atoms with Crippen LogP contribution in [0.5, 0.6) is 0 Å². The number of rotatable bonds is 4. The molecule has 2 nitrogen and oxygen atoms in total. The second-order valence-electron chi connectivity index (χ2n) is 2.83. The Kier molecular flexibility index (Phi) is 4.65. The summed E-state index contributed by atoms with van der Waals surface area (Å²) in [5.41, 5.74) is 0. The van der Waals surface area contributed by atoms with Gasteiger partial charge in [0, 0.05) is 0 Å². The van der Waals surface area contributed by atoms with E-state index in [1.165, 1.54) is 0 Å². The summed E-state index contributed by atoms with van der Waals surface area (Å²) in [6.07, 6.45) is 0.613. The molecule has 0 saturated carbocycles. The van der Waals surface area contributed by atoms with Gasteiger partial charge in [0.1, 0.15) is 0 Å². The molecule has 0 saturated heterocycles. The van der Waals surface area contributed by atoms with Crippen LogP contribution in [-0.2, 0) is 4.74 Å². The van der Waals surface area contributed by atoms with Gasteiger partial charge < -0.3 is 9.84 Å². The molecule has 3 atom stereocenters. The first-order chi connectivity index (χ1) is 4.57. The maximum absolute atomic E-state index is 8.84. The maximum atomic E-state index is 8.84. The van der Waals surface area contributed by atoms with Crippen LogP contribution in [-0.4, -0.2) is 17.5 Å². The molecule has 3 unspecified atom stereocenters. The molecular formula is C8H18O2. The molecule has 62 valence electrons. The van der Waals surface area contributed by atoms with Gasteiger partial charge in [-0.25, -0.2) is 0 Å². The van der Waals surface area contributed by atoms with Crippen LogP contribution in [0.4, 0.5) is 0 Å². The van der Waals surface area contributed by atoms with Crippen LogP contribution in [0.1, 0.15) is 34.1 Å². The molecule has 1 N–H and O–H groups in total. The minimum Gasteiger partial charge on any atom is -0.368 e. The van der Waals surface area contributed by atoms with Crippen molar-refractivity contribution in [2.75, 3.05) is 0 Å².